The van der Waals surface area contributed by atoms with Crippen LogP contribution in [0.5, 0.6) is 0 Å². The minimum Gasteiger partial charge on any atom is -0.326 e. The Morgan fingerprint density at radius 3 is 2.60 bits per heavy atom. The third kappa shape index (κ3) is 3.47. The first kappa shape index (κ1) is 16.1. The van der Waals surface area contributed by atoms with Gasteiger partial charge < -0.3 is 5.73 Å². The van der Waals surface area contributed by atoms with Gasteiger partial charge in [-0.3, -0.25) is 4.72 Å². The van der Waals surface area contributed by atoms with E-state index in [0.717, 1.165) is 4.88 Å². The van der Waals surface area contributed by atoms with E-state index in [1.807, 2.05) is 0 Å². The summed E-state index contributed by atoms with van der Waals surface area (Å²) in [6, 6.07) is 6.07. The number of halogens is 3. The van der Waals surface area contributed by atoms with Crippen molar-refractivity contribution in [3.05, 3.63) is 43.0 Å². The van der Waals surface area contributed by atoms with E-state index in [2.05, 4.69) is 20.7 Å². The summed E-state index contributed by atoms with van der Waals surface area (Å²) in [6.07, 6.45) is 0. The molecule has 4 nitrogen and oxygen atoms in total. The molecule has 0 aliphatic heterocycles. The summed E-state index contributed by atoms with van der Waals surface area (Å²) in [5.41, 5.74) is 5.74. The van der Waals surface area contributed by atoms with Crippen LogP contribution in [0.25, 0.3) is 0 Å². The van der Waals surface area contributed by atoms with Crippen molar-refractivity contribution in [3.8, 4) is 0 Å². The molecule has 1 aromatic carbocycles. The maximum absolute atomic E-state index is 12.3. The average molecular weight is 416 g/mol. The summed E-state index contributed by atoms with van der Waals surface area (Å²) in [5, 5.41) is 0.655. The number of anilines is 1. The number of nitrogens with two attached hydrogens (primary N) is 1. The molecule has 108 valence electrons. The molecule has 0 spiro atoms. The zero-order valence-electron chi connectivity index (χ0n) is 9.86. The second-order valence-electron chi connectivity index (χ2n) is 3.78. The van der Waals surface area contributed by atoms with Gasteiger partial charge in [-0.1, -0.05) is 23.2 Å². The fourth-order valence-corrected chi connectivity index (χ4v) is 5.48. The topological polar surface area (TPSA) is 72.2 Å². The maximum atomic E-state index is 12.3. The molecule has 0 unspecified atom stereocenters. The predicted octanol–water partition coefficient (Wildman–Crippen LogP) is 4.08. The zero-order valence-corrected chi connectivity index (χ0v) is 14.6. The standard InChI is InChI=1S/C11H9BrCl2N2O2S2/c12-11-10(4-7(5-15)19-11)20(17,18)16-9-3-6(13)1-2-8(9)14/h1-4,16H,5,15H2. The second-order valence-corrected chi connectivity index (χ2v) is 8.73. The van der Waals surface area contributed by atoms with Gasteiger partial charge in [-0.25, -0.2) is 8.42 Å². The highest BCUT2D eigenvalue weighted by molar-refractivity contribution is 9.11. The molecule has 0 amide bonds. The molecule has 0 radical (unpaired) electrons. The molecule has 0 atom stereocenters. The Bertz CT molecular complexity index is 747. The van der Waals surface area contributed by atoms with Crippen molar-refractivity contribution in [2.24, 2.45) is 5.73 Å². The first-order valence-electron chi connectivity index (χ1n) is 5.29. The highest BCUT2D eigenvalue weighted by atomic mass is 79.9. The van der Waals surface area contributed by atoms with Crippen LogP contribution in [0.2, 0.25) is 10.0 Å². The molecule has 20 heavy (non-hydrogen) atoms. The van der Waals surface area contributed by atoms with Crippen LogP contribution >= 0.6 is 50.5 Å². The SMILES string of the molecule is NCc1cc(S(=O)(=O)Nc2cc(Cl)ccc2Cl)c(Br)s1. The lowest BCUT2D eigenvalue weighted by atomic mass is 10.3. The predicted molar refractivity (Wildman–Crippen MR) is 87.2 cm³/mol. The first-order chi connectivity index (χ1) is 9.33. The van der Waals surface area contributed by atoms with Crippen LogP contribution in [0.1, 0.15) is 4.88 Å². The molecule has 0 saturated heterocycles. The summed E-state index contributed by atoms with van der Waals surface area (Å²) in [5.74, 6) is 0. The van der Waals surface area contributed by atoms with Gasteiger partial charge in [-0.05, 0) is 40.2 Å². The Balaban J connectivity index is 2.40. The number of nitrogens with one attached hydrogen (secondary N) is 1. The lowest BCUT2D eigenvalue weighted by molar-refractivity contribution is 0.601. The van der Waals surface area contributed by atoms with Gasteiger partial charge in [0.15, 0.2) is 0 Å². The molecule has 0 fully saturated rings. The summed E-state index contributed by atoms with van der Waals surface area (Å²) >= 11 is 16.3. The molecular formula is C11H9BrCl2N2O2S2. The van der Waals surface area contributed by atoms with Gasteiger partial charge >= 0.3 is 0 Å². The molecule has 0 aliphatic carbocycles. The first-order valence-corrected chi connectivity index (χ1v) is 9.14. The van der Waals surface area contributed by atoms with E-state index < -0.39 is 10.0 Å². The van der Waals surface area contributed by atoms with Crippen molar-refractivity contribution in [2.75, 3.05) is 4.72 Å². The number of sulfonamides is 1. The van der Waals surface area contributed by atoms with E-state index in [-0.39, 0.29) is 22.2 Å². The Labute approximate surface area is 139 Å². The van der Waals surface area contributed by atoms with Gasteiger partial charge in [0.2, 0.25) is 0 Å². The molecule has 2 aromatic rings. The molecular weight excluding hydrogens is 407 g/mol. The lowest BCUT2D eigenvalue weighted by Crippen LogP contribution is -2.13. The Hall–Kier alpha value is -0.310. The minimum atomic E-state index is -3.76. The monoisotopic (exact) mass is 414 g/mol. The smallest absolute Gasteiger partial charge is 0.263 e. The third-order valence-electron chi connectivity index (χ3n) is 2.37. The van der Waals surface area contributed by atoms with Crippen molar-refractivity contribution in [1.29, 1.82) is 0 Å². The van der Waals surface area contributed by atoms with Gasteiger partial charge in [0.1, 0.15) is 4.90 Å². The van der Waals surface area contributed by atoms with Gasteiger partial charge in [0, 0.05) is 16.4 Å². The van der Waals surface area contributed by atoms with Crippen LogP contribution in [0.4, 0.5) is 5.69 Å². The van der Waals surface area contributed by atoms with E-state index in [4.69, 9.17) is 28.9 Å². The number of thiophene rings is 1. The van der Waals surface area contributed by atoms with Crippen molar-refractivity contribution in [2.45, 2.75) is 11.4 Å². The summed E-state index contributed by atoms with van der Waals surface area (Å²) in [4.78, 5) is 0.883. The maximum Gasteiger partial charge on any atom is 0.263 e. The molecule has 0 aliphatic rings. The quantitative estimate of drug-likeness (QED) is 0.790. The molecule has 9 heteroatoms. The van der Waals surface area contributed by atoms with Crippen LogP contribution in [0, 0.1) is 0 Å². The van der Waals surface area contributed by atoms with Gasteiger partial charge in [-0.2, -0.15) is 0 Å². The van der Waals surface area contributed by atoms with E-state index >= 15 is 0 Å². The van der Waals surface area contributed by atoms with Crippen molar-refractivity contribution < 1.29 is 8.42 Å². The Kier molecular flexibility index (Phi) is 4.99. The van der Waals surface area contributed by atoms with Crippen LogP contribution < -0.4 is 10.5 Å². The van der Waals surface area contributed by atoms with E-state index in [0.29, 0.717) is 8.81 Å². The highest BCUT2D eigenvalue weighted by Gasteiger charge is 2.21. The molecule has 1 aromatic heterocycles. The van der Waals surface area contributed by atoms with Gasteiger partial charge in [0.25, 0.3) is 10.0 Å². The largest absolute Gasteiger partial charge is 0.326 e. The number of hydrogen-bond acceptors (Lipinski definition) is 4. The van der Waals surface area contributed by atoms with E-state index in [1.54, 1.807) is 6.07 Å². The molecule has 0 bridgehead atoms. The fraction of sp³-hybridized carbons (Fsp3) is 0.0909. The van der Waals surface area contributed by atoms with Crippen molar-refractivity contribution in [1.82, 2.24) is 0 Å². The second kappa shape index (κ2) is 6.21. The summed E-state index contributed by atoms with van der Waals surface area (Å²) in [6.45, 7) is 0.275. The zero-order chi connectivity index (χ0) is 14.9. The van der Waals surface area contributed by atoms with E-state index in [1.165, 1.54) is 29.5 Å². The van der Waals surface area contributed by atoms with Gasteiger partial charge in [0.05, 0.1) is 14.5 Å². The van der Waals surface area contributed by atoms with E-state index in [9.17, 15) is 8.42 Å². The third-order valence-corrected chi connectivity index (χ3v) is 6.57. The molecule has 1 heterocycles. The lowest BCUT2D eigenvalue weighted by Gasteiger charge is -2.09. The van der Waals surface area contributed by atoms with Gasteiger partial charge in [-0.15, -0.1) is 11.3 Å². The minimum absolute atomic E-state index is 0.124. The molecule has 2 rings (SSSR count). The molecule has 3 N–H and O–H groups in total. The Morgan fingerprint density at radius 1 is 1.30 bits per heavy atom. The normalized spacial score (nSPS) is 11.6. The number of rotatable bonds is 4. The van der Waals surface area contributed by atoms with Crippen LogP contribution in [-0.2, 0) is 16.6 Å². The van der Waals surface area contributed by atoms with Crippen LogP contribution in [-0.4, -0.2) is 8.42 Å². The number of hydrogen-bond donors (Lipinski definition) is 2. The number of benzene rings is 1. The van der Waals surface area contributed by atoms with Crippen LogP contribution in [0.3, 0.4) is 0 Å². The highest BCUT2D eigenvalue weighted by Crippen LogP contribution is 2.34. The molecule has 0 saturated carbocycles. The summed E-state index contributed by atoms with van der Waals surface area (Å²) < 4.78 is 27.6. The van der Waals surface area contributed by atoms with Crippen LogP contribution in [0.15, 0.2) is 32.9 Å². The average Bonchev–Trinajstić information content (AvgIpc) is 2.76. The Morgan fingerprint density at radius 2 is 2.00 bits per heavy atom. The van der Waals surface area contributed by atoms with Crippen molar-refractivity contribution in [3.63, 3.8) is 0 Å². The summed E-state index contributed by atoms with van der Waals surface area (Å²) in [7, 11) is -3.76. The van der Waals surface area contributed by atoms with Crippen molar-refractivity contribution >= 4 is 66.2 Å². The fourth-order valence-electron chi connectivity index (χ4n) is 1.46.